The highest BCUT2D eigenvalue weighted by atomic mass is 28.4. The van der Waals surface area contributed by atoms with E-state index in [4.69, 9.17) is 4.43 Å². The van der Waals surface area contributed by atoms with Crippen molar-refractivity contribution in [3.63, 3.8) is 0 Å². The first kappa shape index (κ1) is 27.9. The monoisotopic (exact) mass is 496 g/mol. The van der Waals surface area contributed by atoms with Gasteiger partial charge in [0, 0.05) is 0 Å². The van der Waals surface area contributed by atoms with Gasteiger partial charge in [-0.05, 0) is 52.6 Å². The third-order valence-electron chi connectivity index (χ3n) is 7.31. The third-order valence-corrected chi connectivity index (χ3v) is 12.3. The first-order chi connectivity index (χ1) is 17.2. The van der Waals surface area contributed by atoms with Gasteiger partial charge in [0.15, 0.2) is 0 Å². The van der Waals surface area contributed by atoms with Gasteiger partial charge in [0.1, 0.15) is 0 Å². The van der Waals surface area contributed by atoms with Crippen molar-refractivity contribution in [1.29, 1.82) is 0 Å². The lowest BCUT2D eigenvalue weighted by Crippen LogP contribution is -2.66. The lowest BCUT2D eigenvalue weighted by molar-refractivity contribution is 0.339. The molecule has 1 aliphatic carbocycles. The molecule has 190 valence electrons. The Morgan fingerprint density at radius 1 is 0.806 bits per heavy atom. The van der Waals surface area contributed by atoms with Crippen LogP contribution in [0.2, 0.25) is 5.04 Å². The van der Waals surface area contributed by atoms with Gasteiger partial charge in [-0.3, -0.25) is 0 Å². The average molecular weight is 497 g/mol. The second-order valence-electron chi connectivity index (χ2n) is 11.5. The predicted molar refractivity (Wildman–Crippen MR) is 160 cm³/mol. The molecule has 0 heterocycles. The second kappa shape index (κ2) is 12.5. The van der Waals surface area contributed by atoms with E-state index in [-0.39, 0.29) is 10.5 Å². The summed E-state index contributed by atoms with van der Waals surface area (Å²) in [6.07, 6.45) is 20.9. The molecule has 0 aliphatic heterocycles. The number of hydrogen-bond acceptors (Lipinski definition) is 1. The molecule has 0 radical (unpaired) electrons. The zero-order chi connectivity index (χ0) is 26.1. The highest BCUT2D eigenvalue weighted by molar-refractivity contribution is 6.99. The van der Waals surface area contributed by atoms with Gasteiger partial charge in [-0.25, -0.2) is 0 Å². The quantitative estimate of drug-likeness (QED) is 0.250. The molecule has 0 bridgehead atoms. The minimum absolute atomic E-state index is 0.00481. The molecule has 0 atom stereocenters. The van der Waals surface area contributed by atoms with Gasteiger partial charge >= 0.3 is 0 Å². The van der Waals surface area contributed by atoms with Crippen LogP contribution >= 0.6 is 0 Å². The Balaban J connectivity index is 1.66. The largest absolute Gasteiger partial charge is 0.404 e. The molecule has 2 aromatic carbocycles. The summed E-state index contributed by atoms with van der Waals surface area (Å²) < 4.78 is 6.89. The topological polar surface area (TPSA) is 9.23 Å². The highest BCUT2D eigenvalue weighted by Crippen LogP contribution is 2.40. The molecule has 1 nitrogen and oxygen atoms in total. The fourth-order valence-electron chi connectivity index (χ4n) is 5.49. The minimum atomic E-state index is -2.47. The van der Waals surface area contributed by atoms with E-state index in [1.165, 1.54) is 40.8 Å². The maximum absolute atomic E-state index is 6.89. The molecule has 0 saturated carbocycles. The molecule has 0 saturated heterocycles. The van der Waals surface area contributed by atoms with E-state index < -0.39 is 8.32 Å². The second-order valence-corrected chi connectivity index (χ2v) is 15.8. The van der Waals surface area contributed by atoms with Crippen molar-refractivity contribution in [1.82, 2.24) is 0 Å². The summed E-state index contributed by atoms with van der Waals surface area (Å²) in [4.78, 5) is 0. The van der Waals surface area contributed by atoms with Crippen LogP contribution in [0.3, 0.4) is 0 Å². The Morgan fingerprint density at radius 2 is 1.33 bits per heavy atom. The summed E-state index contributed by atoms with van der Waals surface area (Å²) in [5, 5.41) is 2.62. The fourth-order valence-corrected chi connectivity index (χ4v) is 9.99. The molecule has 2 heteroatoms. The molecule has 1 aliphatic rings. The number of benzene rings is 2. The maximum atomic E-state index is 6.89. The van der Waals surface area contributed by atoms with Crippen molar-refractivity contribution < 1.29 is 4.43 Å². The molecule has 0 aromatic heterocycles. The minimum Gasteiger partial charge on any atom is -0.404 e. The van der Waals surface area contributed by atoms with Crippen LogP contribution in [0.1, 0.15) is 60.8 Å². The molecular weight excluding hydrogens is 452 g/mol. The van der Waals surface area contributed by atoms with Gasteiger partial charge in [0.05, 0.1) is 6.61 Å². The molecule has 0 fully saturated rings. The Hall–Kier alpha value is -2.68. The first-order valence-corrected chi connectivity index (χ1v) is 15.2. The molecule has 2 aromatic rings. The zero-order valence-electron chi connectivity index (χ0n) is 23.1. The molecule has 0 amide bonds. The van der Waals surface area contributed by atoms with Crippen LogP contribution in [-0.2, 0) is 4.43 Å². The van der Waals surface area contributed by atoms with Gasteiger partial charge in [0.2, 0.25) is 0 Å². The van der Waals surface area contributed by atoms with Crippen molar-refractivity contribution in [2.24, 2.45) is 5.41 Å². The molecule has 0 N–H and O–H groups in total. The summed E-state index contributed by atoms with van der Waals surface area (Å²) in [5.74, 6) is 0. The van der Waals surface area contributed by atoms with Crippen LogP contribution in [0.25, 0.3) is 0 Å². The number of hydrogen-bond donors (Lipinski definition) is 0. The third kappa shape index (κ3) is 6.75. The Bertz CT molecular complexity index is 1070. The van der Waals surface area contributed by atoms with Crippen molar-refractivity contribution in [2.75, 3.05) is 6.61 Å². The van der Waals surface area contributed by atoms with Gasteiger partial charge in [-0.2, -0.15) is 0 Å². The lowest BCUT2D eigenvalue weighted by Gasteiger charge is -2.42. The predicted octanol–water partition coefficient (Wildman–Crippen LogP) is 8.31. The molecule has 36 heavy (non-hydrogen) atoms. The summed E-state index contributed by atoms with van der Waals surface area (Å²) in [6, 6.07) is 21.6. The summed E-state index contributed by atoms with van der Waals surface area (Å²) in [6.45, 7) is 14.5. The first-order valence-electron chi connectivity index (χ1n) is 13.3. The normalized spacial score (nSPS) is 17.3. The number of rotatable bonds is 9. The SMILES string of the molecule is CC1=C(/C=C/C=C/C=C\C=C\CO[Si](c2ccccc2)(c2ccccc2)C(C)(C)C)C(C)(C)CCC1. The van der Waals surface area contributed by atoms with E-state index >= 15 is 0 Å². The fraction of sp³-hybridized carbons (Fsp3) is 0.353. The smallest absolute Gasteiger partial charge is 0.261 e. The van der Waals surface area contributed by atoms with Crippen molar-refractivity contribution in [2.45, 2.75) is 65.8 Å². The summed E-state index contributed by atoms with van der Waals surface area (Å²) >= 11 is 0. The Kier molecular flexibility index (Phi) is 9.70. The molecular formula is C34H44OSi. The van der Waals surface area contributed by atoms with Crippen LogP contribution < -0.4 is 10.4 Å². The Labute approximate surface area is 221 Å². The highest BCUT2D eigenvalue weighted by Gasteiger charge is 2.49. The average Bonchev–Trinajstić information content (AvgIpc) is 2.84. The van der Waals surface area contributed by atoms with Gasteiger partial charge in [0.25, 0.3) is 8.32 Å². The van der Waals surface area contributed by atoms with Crippen LogP contribution in [0.4, 0.5) is 0 Å². The standard InChI is InChI=1S/C34H44OSi/c1-29-21-20-27-34(5,6)32(29)26-18-10-8-7-9-11-19-28-35-36(33(2,3)4,30-22-14-12-15-23-30)31-24-16-13-17-25-31/h7-19,22-26H,20-21,27-28H2,1-6H3/b9-7-,10-8+,19-11+,26-18+. The summed E-state index contributed by atoms with van der Waals surface area (Å²) in [7, 11) is -2.47. The van der Waals surface area contributed by atoms with Crippen molar-refractivity contribution >= 4 is 18.7 Å². The van der Waals surface area contributed by atoms with Crippen molar-refractivity contribution in [3.8, 4) is 0 Å². The van der Waals surface area contributed by atoms with E-state index in [2.05, 4.69) is 151 Å². The summed E-state index contributed by atoms with van der Waals surface area (Å²) in [5.41, 5.74) is 3.33. The van der Waals surface area contributed by atoms with E-state index in [9.17, 15) is 0 Å². The van der Waals surface area contributed by atoms with Gasteiger partial charge in [-0.15, -0.1) is 0 Å². The van der Waals surface area contributed by atoms with E-state index in [1.54, 1.807) is 0 Å². The van der Waals surface area contributed by atoms with Crippen LogP contribution in [0, 0.1) is 5.41 Å². The van der Waals surface area contributed by atoms with E-state index in [1.807, 2.05) is 0 Å². The van der Waals surface area contributed by atoms with Crippen LogP contribution in [0.15, 0.2) is 120 Å². The Morgan fingerprint density at radius 3 is 1.86 bits per heavy atom. The molecule has 0 unspecified atom stereocenters. The molecule has 0 spiro atoms. The lowest BCUT2D eigenvalue weighted by atomic mass is 9.73. The van der Waals surface area contributed by atoms with Crippen molar-refractivity contribution in [3.05, 3.63) is 120 Å². The van der Waals surface area contributed by atoms with Crippen LogP contribution in [0.5, 0.6) is 0 Å². The van der Waals surface area contributed by atoms with Gasteiger partial charge in [-0.1, -0.05) is 149 Å². The zero-order valence-corrected chi connectivity index (χ0v) is 24.1. The molecule has 3 rings (SSSR count). The number of allylic oxidation sites excluding steroid dienone is 9. The van der Waals surface area contributed by atoms with Gasteiger partial charge < -0.3 is 4.43 Å². The van der Waals surface area contributed by atoms with E-state index in [0.717, 1.165) is 0 Å². The van der Waals surface area contributed by atoms with E-state index in [0.29, 0.717) is 6.61 Å². The van der Waals surface area contributed by atoms with Crippen LogP contribution in [-0.4, -0.2) is 14.9 Å². The maximum Gasteiger partial charge on any atom is 0.261 e.